The number of aromatic nitrogens is 2. The molecule has 0 aliphatic heterocycles. The number of hydrogen-bond donors (Lipinski definition) is 1. The highest BCUT2D eigenvalue weighted by Crippen LogP contribution is 2.57. The number of aromatic carboxylic acids is 1. The van der Waals surface area contributed by atoms with E-state index in [1.54, 1.807) is 24.3 Å². The van der Waals surface area contributed by atoms with Gasteiger partial charge in [0.2, 0.25) is 11.7 Å². The third-order valence-electron chi connectivity index (χ3n) is 4.42. The van der Waals surface area contributed by atoms with E-state index in [4.69, 9.17) is 9.63 Å². The number of carbonyl (C=O) groups is 1. The van der Waals surface area contributed by atoms with Gasteiger partial charge in [0.25, 0.3) is 0 Å². The molecule has 2 saturated carbocycles. The van der Waals surface area contributed by atoms with Gasteiger partial charge in [0.05, 0.1) is 5.56 Å². The summed E-state index contributed by atoms with van der Waals surface area (Å²) in [4.78, 5) is 15.3. The highest BCUT2D eigenvalue weighted by molar-refractivity contribution is 5.88. The first-order valence-corrected chi connectivity index (χ1v) is 6.88. The van der Waals surface area contributed by atoms with Gasteiger partial charge in [0.1, 0.15) is 0 Å². The van der Waals surface area contributed by atoms with E-state index in [0.29, 0.717) is 11.7 Å². The number of benzene rings is 1. The van der Waals surface area contributed by atoms with E-state index in [9.17, 15) is 4.79 Å². The van der Waals surface area contributed by atoms with Crippen molar-refractivity contribution in [3.05, 3.63) is 35.7 Å². The van der Waals surface area contributed by atoms with Gasteiger partial charge >= 0.3 is 5.97 Å². The Labute approximate surface area is 115 Å². The van der Waals surface area contributed by atoms with Crippen LogP contribution in [0, 0.1) is 11.8 Å². The third-order valence-corrected chi connectivity index (χ3v) is 4.42. The molecule has 0 radical (unpaired) electrons. The lowest BCUT2D eigenvalue weighted by atomic mass is 10.0. The molecule has 5 heteroatoms. The molecule has 4 rings (SSSR count). The lowest BCUT2D eigenvalue weighted by molar-refractivity contribution is 0.0697. The van der Waals surface area contributed by atoms with Crippen molar-refractivity contribution >= 4 is 5.97 Å². The van der Waals surface area contributed by atoms with Gasteiger partial charge in [-0.2, -0.15) is 4.98 Å². The maximum Gasteiger partial charge on any atom is 0.335 e. The highest BCUT2D eigenvalue weighted by Gasteiger charge is 2.47. The van der Waals surface area contributed by atoms with E-state index in [1.165, 1.54) is 19.3 Å². The number of hydrogen-bond acceptors (Lipinski definition) is 4. The molecule has 2 fully saturated rings. The predicted octanol–water partition coefficient (Wildman–Crippen LogP) is 2.95. The second-order valence-corrected chi connectivity index (χ2v) is 5.76. The summed E-state index contributed by atoms with van der Waals surface area (Å²) in [7, 11) is 0. The van der Waals surface area contributed by atoms with E-state index in [0.717, 1.165) is 23.3 Å². The summed E-state index contributed by atoms with van der Waals surface area (Å²) >= 11 is 0. The molecular weight excluding hydrogens is 256 g/mol. The molecule has 1 heterocycles. The number of carboxylic acids is 1. The summed E-state index contributed by atoms with van der Waals surface area (Å²) < 4.78 is 5.37. The summed E-state index contributed by atoms with van der Waals surface area (Å²) in [5, 5.41) is 12.9. The van der Waals surface area contributed by atoms with Crippen molar-refractivity contribution < 1.29 is 14.4 Å². The van der Waals surface area contributed by atoms with Crippen molar-refractivity contribution in [1.29, 1.82) is 0 Å². The molecule has 0 amide bonds. The van der Waals surface area contributed by atoms with Crippen molar-refractivity contribution in [2.24, 2.45) is 11.8 Å². The van der Waals surface area contributed by atoms with Gasteiger partial charge in [0.15, 0.2) is 0 Å². The monoisotopic (exact) mass is 270 g/mol. The molecule has 1 aromatic carbocycles. The van der Waals surface area contributed by atoms with Gasteiger partial charge in [0, 0.05) is 11.5 Å². The van der Waals surface area contributed by atoms with Crippen molar-refractivity contribution in [2.75, 3.05) is 0 Å². The van der Waals surface area contributed by atoms with Crippen molar-refractivity contribution in [2.45, 2.75) is 25.2 Å². The second-order valence-electron chi connectivity index (χ2n) is 5.76. The van der Waals surface area contributed by atoms with Crippen LogP contribution in [0.15, 0.2) is 28.8 Å². The zero-order valence-corrected chi connectivity index (χ0v) is 10.8. The summed E-state index contributed by atoms with van der Waals surface area (Å²) in [6.07, 6.45) is 3.71. The Hall–Kier alpha value is -2.17. The Morgan fingerprint density at radius 3 is 2.50 bits per heavy atom. The zero-order valence-electron chi connectivity index (χ0n) is 10.8. The minimum Gasteiger partial charge on any atom is -0.478 e. The minimum atomic E-state index is -0.935. The fourth-order valence-electron chi connectivity index (χ4n) is 3.20. The molecule has 0 spiro atoms. The summed E-state index contributed by atoms with van der Waals surface area (Å²) in [6, 6.07) is 6.53. The fraction of sp³-hybridized carbons (Fsp3) is 0.400. The second kappa shape index (κ2) is 4.16. The number of nitrogens with zero attached hydrogens (tertiary/aromatic N) is 2. The molecule has 2 unspecified atom stereocenters. The average Bonchev–Trinajstić information content (AvgIpc) is 2.91. The molecule has 2 atom stereocenters. The molecule has 1 aromatic heterocycles. The third kappa shape index (κ3) is 1.90. The van der Waals surface area contributed by atoms with Crippen LogP contribution in [0.5, 0.6) is 0 Å². The van der Waals surface area contributed by atoms with Gasteiger partial charge in [-0.15, -0.1) is 0 Å². The molecule has 0 saturated heterocycles. The summed E-state index contributed by atoms with van der Waals surface area (Å²) in [5.74, 6) is 2.51. The SMILES string of the molecule is O=C(O)c1ccc(-c2noc(C3CC4CC4C3)n2)cc1. The lowest BCUT2D eigenvalue weighted by Gasteiger charge is -2.03. The molecule has 2 aliphatic carbocycles. The fourth-order valence-corrected chi connectivity index (χ4v) is 3.20. The molecule has 2 aromatic rings. The highest BCUT2D eigenvalue weighted by atomic mass is 16.5. The lowest BCUT2D eigenvalue weighted by Crippen LogP contribution is -1.96. The largest absolute Gasteiger partial charge is 0.478 e. The van der Waals surface area contributed by atoms with E-state index in [1.807, 2.05) is 0 Å². The van der Waals surface area contributed by atoms with Crippen LogP contribution in [0.25, 0.3) is 11.4 Å². The van der Waals surface area contributed by atoms with Crippen LogP contribution >= 0.6 is 0 Å². The van der Waals surface area contributed by atoms with Gasteiger partial charge in [-0.1, -0.05) is 17.3 Å². The average molecular weight is 270 g/mol. The standard InChI is InChI=1S/C15H14N2O3/c18-15(19)9-3-1-8(2-4-9)13-16-14(20-17-13)12-6-10-5-11(10)7-12/h1-4,10-12H,5-7H2,(H,18,19). The number of carboxylic acid groups (broad SMARTS) is 1. The Morgan fingerprint density at radius 2 is 1.85 bits per heavy atom. The quantitative estimate of drug-likeness (QED) is 0.927. The zero-order chi connectivity index (χ0) is 13.7. The predicted molar refractivity (Wildman–Crippen MR) is 70.3 cm³/mol. The van der Waals surface area contributed by atoms with Crippen LogP contribution in [0.2, 0.25) is 0 Å². The van der Waals surface area contributed by atoms with Crippen LogP contribution in [0.3, 0.4) is 0 Å². The Kier molecular flexibility index (Phi) is 2.42. The first-order valence-electron chi connectivity index (χ1n) is 6.88. The topological polar surface area (TPSA) is 76.2 Å². The molecule has 5 nitrogen and oxygen atoms in total. The summed E-state index contributed by atoms with van der Waals surface area (Å²) in [5.41, 5.74) is 1.04. The van der Waals surface area contributed by atoms with Crippen LogP contribution in [-0.2, 0) is 0 Å². The van der Waals surface area contributed by atoms with E-state index < -0.39 is 5.97 Å². The molecule has 1 N–H and O–H groups in total. The maximum absolute atomic E-state index is 10.8. The molecule has 102 valence electrons. The van der Waals surface area contributed by atoms with Crippen molar-refractivity contribution in [3.8, 4) is 11.4 Å². The molecule has 2 aliphatic rings. The van der Waals surface area contributed by atoms with Crippen molar-refractivity contribution in [3.63, 3.8) is 0 Å². The van der Waals surface area contributed by atoms with E-state index in [-0.39, 0.29) is 5.56 Å². The Bertz CT molecular complexity index is 652. The molecular formula is C15H14N2O3. The van der Waals surface area contributed by atoms with E-state index >= 15 is 0 Å². The first kappa shape index (κ1) is 11.6. The molecule has 0 bridgehead atoms. The van der Waals surface area contributed by atoms with Crippen LogP contribution in [0.1, 0.15) is 41.4 Å². The van der Waals surface area contributed by atoms with Gasteiger partial charge in [-0.05, 0) is 43.2 Å². The maximum atomic E-state index is 10.8. The van der Waals surface area contributed by atoms with Gasteiger partial charge in [-0.25, -0.2) is 4.79 Å². The van der Waals surface area contributed by atoms with Gasteiger partial charge in [-0.3, -0.25) is 0 Å². The van der Waals surface area contributed by atoms with Crippen LogP contribution in [0.4, 0.5) is 0 Å². The van der Waals surface area contributed by atoms with Gasteiger partial charge < -0.3 is 9.63 Å². The van der Waals surface area contributed by atoms with Crippen LogP contribution < -0.4 is 0 Å². The Balaban J connectivity index is 1.56. The van der Waals surface area contributed by atoms with E-state index in [2.05, 4.69) is 10.1 Å². The first-order chi connectivity index (χ1) is 9.70. The Morgan fingerprint density at radius 1 is 1.15 bits per heavy atom. The number of fused-ring (bicyclic) bond motifs is 1. The normalized spacial score (nSPS) is 27.3. The minimum absolute atomic E-state index is 0.258. The number of rotatable bonds is 3. The van der Waals surface area contributed by atoms with Crippen molar-refractivity contribution in [1.82, 2.24) is 10.1 Å². The van der Waals surface area contributed by atoms with Crippen LogP contribution in [-0.4, -0.2) is 21.2 Å². The molecule has 20 heavy (non-hydrogen) atoms. The smallest absolute Gasteiger partial charge is 0.335 e. The summed E-state index contributed by atoms with van der Waals surface area (Å²) in [6.45, 7) is 0.